The van der Waals surface area contributed by atoms with Crippen molar-refractivity contribution >= 4 is 11.6 Å². The maximum atomic E-state index is 5.72. The van der Waals surface area contributed by atoms with E-state index in [0.29, 0.717) is 12.5 Å². The number of hydrogen-bond donors (Lipinski definition) is 2. The van der Waals surface area contributed by atoms with Crippen LogP contribution in [0.1, 0.15) is 13.8 Å². The van der Waals surface area contributed by atoms with E-state index in [-0.39, 0.29) is 23.4 Å². The smallest absolute Gasteiger partial charge is 0.246 e. The number of nitrogen functional groups attached to an aromatic ring is 2. The maximum absolute atomic E-state index is 5.72. The molecule has 84 valence electrons. The first kappa shape index (κ1) is 11.4. The number of nitrogens with two attached hydrogens (primary N) is 2. The molecule has 0 fully saturated rings. The first-order chi connectivity index (χ1) is 7.04. The van der Waals surface area contributed by atoms with Crippen LogP contribution in [0, 0.1) is 5.92 Å². The Morgan fingerprint density at radius 2 is 1.80 bits per heavy atom. The topological polar surface area (TPSA) is 96.3 Å². The molecule has 0 bridgehead atoms. The summed E-state index contributed by atoms with van der Waals surface area (Å²) in [5.41, 5.74) is 11.5. The van der Waals surface area contributed by atoms with Crippen LogP contribution in [0.5, 0.6) is 11.8 Å². The molecule has 0 unspecified atom stereocenters. The highest BCUT2D eigenvalue weighted by molar-refractivity contribution is 5.58. The van der Waals surface area contributed by atoms with Crippen LogP contribution in [0.3, 0.4) is 0 Å². The monoisotopic (exact) mass is 212 g/mol. The fourth-order valence-electron chi connectivity index (χ4n) is 0.956. The Morgan fingerprint density at radius 3 is 2.33 bits per heavy atom. The molecule has 0 saturated heterocycles. The minimum atomic E-state index is 0.0832. The molecule has 0 aliphatic heterocycles. The Bertz CT molecular complexity index is 341. The van der Waals surface area contributed by atoms with Gasteiger partial charge in [-0.25, -0.2) is 0 Å². The van der Waals surface area contributed by atoms with Crippen molar-refractivity contribution in [3.8, 4) is 11.8 Å². The van der Waals surface area contributed by atoms with E-state index >= 15 is 0 Å². The zero-order chi connectivity index (χ0) is 11.4. The summed E-state index contributed by atoms with van der Waals surface area (Å²) in [6.45, 7) is 4.57. The van der Waals surface area contributed by atoms with Gasteiger partial charge in [-0.15, -0.1) is 0 Å². The minimum Gasteiger partial charge on any atom is -0.479 e. The molecule has 6 nitrogen and oxygen atoms in total. The van der Waals surface area contributed by atoms with Crippen molar-refractivity contribution in [2.45, 2.75) is 13.8 Å². The summed E-state index contributed by atoms with van der Waals surface area (Å²) in [7, 11) is 1.46. The van der Waals surface area contributed by atoms with Crippen LogP contribution in [0.2, 0.25) is 0 Å². The molecule has 0 aliphatic rings. The van der Waals surface area contributed by atoms with Gasteiger partial charge in [-0.2, -0.15) is 9.97 Å². The summed E-state index contributed by atoms with van der Waals surface area (Å²) < 4.78 is 10.3. The van der Waals surface area contributed by atoms with Gasteiger partial charge >= 0.3 is 0 Å². The molecule has 1 aromatic heterocycles. The van der Waals surface area contributed by atoms with Gasteiger partial charge in [0.15, 0.2) is 5.69 Å². The average Bonchev–Trinajstić information content (AvgIpc) is 2.18. The fourth-order valence-corrected chi connectivity index (χ4v) is 0.956. The quantitative estimate of drug-likeness (QED) is 0.762. The number of nitrogens with zero attached hydrogens (tertiary/aromatic N) is 2. The lowest BCUT2D eigenvalue weighted by atomic mass is 10.2. The lowest BCUT2D eigenvalue weighted by Gasteiger charge is -2.11. The summed E-state index contributed by atoms with van der Waals surface area (Å²) in [5, 5.41) is 0. The number of methoxy groups -OCH3 is 1. The predicted molar refractivity (Wildman–Crippen MR) is 57.7 cm³/mol. The SMILES string of the molecule is COc1nc(N)nc(OCC(C)C)c1N. The molecule has 15 heavy (non-hydrogen) atoms. The Balaban J connectivity index is 2.91. The number of aromatic nitrogens is 2. The van der Waals surface area contributed by atoms with Gasteiger partial charge in [-0.3, -0.25) is 0 Å². The van der Waals surface area contributed by atoms with E-state index in [9.17, 15) is 0 Å². The number of rotatable bonds is 4. The van der Waals surface area contributed by atoms with Crippen molar-refractivity contribution in [2.24, 2.45) is 5.92 Å². The average molecular weight is 212 g/mol. The summed E-state index contributed by atoms with van der Waals surface area (Å²) in [5.74, 6) is 0.973. The van der Waals surface area contributed by atoms with E-state index in [2.05, 4.69) is 9.97 Å². The number of anilines is 2. The van der Waals surface area contributed by atoms with Crippen LogP contribution in [-0.4, -0.2) is 23.7 Å². The highest BCUT2D eigenvalue weighted by Gasteiger charge is 2.12. The van der Waals surface area contributed by atoms with Gasteiger partial charge in [0.2, 0.25) is 17.7 Å². The molecule has 0 aromatic carbocycles. The van der Waals surface area contributed by atoms with Gasteiger partial charge in [0, 0.05) is 0 Å². The van der Waals surface area contributed by atoms with Crippen LogP contribution in [0.4, 0.5) is 11.6 Å². The first-order valence-corrected chi connectivity index (χ1v) is 4.64. The summed E-state index contributed by atoms with van der Waals surface area (Å²) in [6, 6.07) is 0. The van der Waals surface area contributed by atoms with Crippen LogP contribution in [-0.2, 0) is 0 Å². The van der Waals surface area contributed by atoms with Crippen molar-refractivity contribution in [1.82, 2.24) is 9.97 Å². The Kier molecular flexibility index (Phi) is 3.54. The normalized spacial score (nSPS) is 10.4. The third-order valence-corrected chi connectivity index (χ3v) is 1.64. The Morgan fingerprint density at radius 1 is 1.20 bits per heavy atom. The van der Waals surface area contributed by atoms with Crippen LogP contribution < -0.4 is 20.9 Å². The standard InChI is InChI=1S/C9H16N4O2/c1-5(2)4-15-8-6(10)7(14-3)12-9(11)13-8/h5H,4,10H2,1-3H3,(H2,11,12,13). The highest BCUT2D eigenvalue weighted by Crippen LogP contribution is 2.28. The van der Waals surface area contributed by atoms with Gasteiger partial charge in [0.1, 0.15) is 0 Å². The Hall–Kier alpha value is -1.72. The number of ether oxygens (including phenoxy) is 2. The molecule has 1 heterocycles. The molecule has 0 aliphatic carbocycles. The minimum absolute atomic E-state index is 0.0832. The van der Waals surface area contributed by atoms with Gasteiger partial charge in [0.25, 0.3) is 0 Å². The van der Waals surface area contributed by atoms with E-state index < -0.39 is 0 Å². The van der Waals surface area contributed by atoms with Crippen LogP contribution >= 0.6 is 0 Å². The third-order valence-electron chi connectivity index (χ3n) is 1.64. The molecule has 4 N–H and O–H groups in total. The molecular formula is C9H16N4O2. The lowest BCUT2D eigenvalue weighted by Crippen LogP contribution is -2.10. The molecule has 0 radical (unpaired) electrons. The molecule has 1 aromatic rings. The zero-order valence-corrected chi connectivity index (χ0v) is 9.15. The molecular weight excluding hydrogens is 196 g/mol. The maximum Gasteiger partial charge on any atom is 0.246 e. The van der Waals surface area contributed by atoms with E-state index in [1.807, 2.05) is 13.8 Å². The van der Waals surface area contributed by atoms with Crippen molar-refractivity contribution < 1.29 is 9.47 Å². The predicted octanol–water partition coefficient (Wildman–Crippen LogP) is 0.684. The molecule has 0 saturated carbocycles. The molecule has 1 rings (SSSR count). The van der Waals surface area contributed by atoms with E-state index in [4.69, 9.17) is 20.9 Å². The van der Waals surface area contributed by atoms with Gasteiger partial charge in [0.05, 0.1) is 13.7 Å². The highest BCUT2D eigenvalue weighted by atomic mass is 16.5. The van der Waals surface area contributed by atoms with E-state index in [1.54, 1.807) is 0 Å². The van der Waals surface area contributed by atoms with Gasteiger partial charge in [-0.1, -0.05) is 13.8 Å². The second-order valence-corrected chi connectivity index (χ2v) is 3.51. The van der Waals surface area contributed by atoms with Crippen LogP contribution in [0.25, 0.3) is 0 Å². The van der Waals surface area contributed by atoms with Crippen molar-refractivity contribution in [3.63, 3.8) is 0 Å². The fraction of sp³-hybridized carbons (Fsp3) is 0.556. The summed E-state index contributed by atoms with van der Waals surface area (Å²) >= 11 is 0. The lowest BCUT2D eigenvalue weighted by molar-refractivity contribution is 0.261. The first-order valence-electron chi connectivity index (χ1n) is 4.64. The largest absolute Gasteiger partial charge is 0.479 e. The van der Waals surface area contributed by atoms with Gasteiger partial charge in [-0.05, 0) is 5.92 Å². The second kappa shape index (κ2) is 4.68. The van der Waals surface area contributed by atoms with Crippen molar-refractivity contribution in [2.75, 3.05) is 25.2 Å². The van der Waals surface area contributed by atoms with Crippen molar-refractivity contribution in [3.05, 3.63) is 0 Å². The summed E-state index contributed by atoms with van der Waals surface area (Å²) in [4.78, 5) is 7.71. The number of hydrogen-bond acceptors (Lipinski definition) is 6. The molecule has 0 spiro atoms. The molecule has 0 amide bonds. The molecule has 0 atom stereocenters. The van der Waals surface area contributed by atoms with Gasteiger partial charge < -0.3 is 20.9 Å². The summed E-state index contributed by atoms with van der Waals surface area (Å²) in [6.07, 6.45) is 0. The molecule has 6 heteroatoms. The van der Waals surface area contributed by atoms with Crippen LogP contribution in [0.15, 0.2) is 0 Å². The zero-order valence-electron chi connectivity index (χ0n) is 9.15. The van der Waals surface area contributed by atoms with Crippen molar-refractivity contribution in [1.29, 1.82) is 0 Å². The Labute approximate surface area is 88.6 Å². The van der Waals surface area contributed by atoms with E-state index in [0.717, 1.165) is 0 Å². The second-order valence-electron chi connectivity index (χ2n) is 3.51. The third kappa shape index (κ3) is 2.87. The van der Waals surface area contributed by atoms with E-state index in [1.165, 1.54) is 7.11 Å².